The summed E-state index contributed by atoms with van der Waals surface area (Å²) in [5, 5.41) is 12.2. The van der Waals surface area contributed by atoms with E-state index in [9.17, 15) is 0 Å². The molecule has 86 valence electrons. The minimum absolute atomic E-state index is 0.152. The van der Waals surface area contributed by atoms with Gasteiger partial charge in [0.1, 0.15) is 0 Å². The molecule has 0 radical (unpaired) electrons. The normalized spacial score (nSPS) is 12.4. The Morgan fingerprint density at radius 2 is 1.93 bits per heavy atom. The molecular formula is C11H25NO2. The maximum Gasteiger partial charge on any atom is 0.0607 e. The average Bonchev–Trinajstić information content (AvgIpc) is 2.10. The van der Waals surface area contributed by atoms with Crippen molar-refractivity contribution in [2.24, 2.45) is 5.92 Å². The minimum atomic E-state index is -0.193. The van der Waals surface area contributed by atoms with Crippen LogP contribution in [0.25, 0.3) is 0 Å². The van der Waals surface area contributed by atoms with Crippen LogP contribution in [0.4, 0.5) is 0 Å². The Kier molecular flexibility index (Phi) is 7.15. The van der Waals surface area contributed by atoms with Gasteiger partial charge in [-0.3, -0.25) is 0 Å². The Morgan fingerprint density at radius 3 is 2.43 bits per heavy atom. The van der Waals surface area contributed by atoms with E-state index in [1.807, 2.05) is 13.8 Å². The second-order valence-electron chi connectivity index (χ2n) is 4.76. The Labute approximate surface area is 87.8 Å². The van der Waals surface area contributed by atoms with E-state index in [1.165, 1.54) is 0 Å². The molecule has 0 saturated heterocycles. The molecule has 0 atom stereocenters. The Balaban J connectivity index is 3.21. The van der Waals surface area contributed by atoms with E-state index in [2.05, 4.69) is 19.2 Å². The van der Waals surface area contributed by atoms with Gasteiger partial charge in [0.15, 0.2) is 0 Å². The number of hydrogen-bond donors (Lipinski definition) is 2. The van der Waals surface area contributed by atoms with Gasteiger partial charge in [-0.05, 0) is 26.2 Å². The van der Waals surface area contributed by atoms with Crippen molar-refractivity contribution in [2.75, 3.05) is 26.4 Å². The van der Waals surface area contributed by atoms with Gasteiger partial charge in [-0.25, -0.2) is 0 Å². The topological polar surface area (TPSA) is 41.5 Å². The highest BCUT2D eigenvalue weighted by Gasteiger charge is 2.13. The number of ether oxygens (including phenoxy) is 1. The third kappa shape index (κ3) is 8.48. The van der Waals surface area contributed by atoms with Gasteiger partial charge in [-0.1, -0.05) is 13.8 Å². The first-order valence-corrected chi connectivity index (χ1v) is 5.41. The number of hydrogen-bond acceptors (Lipinski definition) is 3. The van der Waals surface area contributed by atoms with Crippen LogP contribution in [-0.2, 0) is 4.74 Å². The van der Waals surface area contributed by atoms with Crippen LogP contribution in [0.1, 0.15) is 34.1 Å². The summed E-state index contributed by atoms with van der Waals surface area (Å²) < 4.78 is 5.44. The van der Waals surface area contributed by atoms with Crippen molar-refractivity contribution in [1.29, 1.82) is 0 Å². The van der Waals surface area contributed by atoms with E-state index in [1.54, 1.807) is 0 Å². The molecule has 0 amide bonds. The molecule has 0 aromatic rings. The molecule has 0 rings (SSSR count). The zero-order valence-corrected chi connectivity index (χ0v) is 9.97. The summed E-state index contributed by atoms with van der Waals surface area (Å²) in [6, 6.07) is 0. The Hall–Kier alpha value is -0.120. The second-order valence-corrected chi connectivity index (χ2v) is 4.76. The van der Waals surface area contributed by atoms with E-state index in [-0.39, 0.29) is 12.1 Å². The number of rotatable bonds is 8. The first-order valence-electron chi connectivity index (χ1n) is 5.41. The summed E-state index contributed by atoms with van der Waals surface area (Å²) in [6.45, 7) is 10.8. The Bertz CT molecular complexity index is 135. The lowest BCUT2D eigenvalue weighted by atomic mass is 10.1. The van der Waals surface area contributed by atoms with Gasteiger partial charge >= 0.3 is 0 Å². The van der Waals surface area contributed by atoms with Gasteiger partial charge in [0, 0.05) is 18.7 Å². The van der Waals surface area contributed by atoms with Crippen molar-refractivity contribution in [3.05, 3.63) is 0 Å². The van der Waals surface area contributed by atoms with Crippen LogP contribution in [0.15, 0.2) is 0 Å². The highest BCUT2D eigenvalue weighted by molar-refractivity contribution is 4.75. The van der Waals surface area contributed by atoms with Gasteiger partial charge in [-0.15, -0.1) is 0 Å². The SMILES string of the molecule is CC(C)CCOCCNC(C)(C)CO. The molecule has 0 unspecified atom stereocenters. The van der Waals surface area contributed by atoms with Gasteiger partial charge in [0.25, 0.3) is 0 Å². The maximum absolute atomic E-state index is 8.97. The largest absolute Gasteiger partial charge is 0.394 e. The van der Waals surface area contributed by atoms with Crippen LogP contribution < -0.4 is 5.32 Å². The fourth-order valence-electron chi connectivity index (χ4n) is 0.939. The van der Waals surface area contributed by atoms with Crippen molar-refractivity contribution in [2.45, 2.75) is 39.7 Å². The van der Waals surface area contributed by atoms with E-state index in [0.29, 0.717) is 5.92 Å². The van der Waals surface area contributed by atoms with E-state index in [4.69, 9.17) is 9.84 Å². The van der Waals surface area contributed by atoms with Crippen molar-refractivity contribution < 1.29 is 9.84 Å². The van der Waals surface area contributed by atoms with Crippen molar-refractivity contribution in [1.82, 2.24) is 5.32 Å². The first kappa shape index (κ1) is 13.9. The molecule has 0 saturated carbocycles. The summed E-state index contributed by atoms with van der Waals surface area (Å²) >= 11 is 0. The number of aliphatic hydroxyl groups is 1. The predicted molar refractivity (Wildman–Crippen MR) is 59.4 cm³/mol. The van der Waals surface area contributed by atoms with Crippen molar-refractivity contribution in [3.63, 3.8) is 0 Å². The van der Waals surface area contributed by atoms with Crippen LogP contribution in [0.5, 0.6) is 0 Å². The highest BCUT2D eigenvalue weighted by atomic mass is 16.5. The molecule has 0 aromatic heterocycles. The van der Waals surface area contributed by atoms with Gasteiger partial charge in [-0.2, -0.15) is 0 Å². The molecule has 3 heteroatoms. The Morgan fingerprint density at radius 1 is 1.29 bits per heavy atom. The quantitative estimate of drug-likeness (QED) is 0.586. The summed E-state index contributed by atoms with van der Waals surface area (Å²) in [5.41, 5.74) is -0.193. The van der Waals surface area contributed by atoms with Gasteiger partial charge in [0.2, 0.25) is 0 Å². The summed E-state index contributed by atoms with van der Waals surface area (Å²) in [7, 11) is 0. The molecule has 3 nitrogen and oxygen atoms in total. The molecule has 0 aliphatic rings. The molecule has 0 aliphatic carbocycles. The summed E-state index contributed by atoms with van der Waals surface area (Å²) in [6.07, 6.45) is 1.11. The van der Waals surface area contributed by atoms with Crippen molar-refractivity contribution in [3.8, 4) is 0 Å². The van der Waals surface area contributed by atoms with E-state index in [0.717, 1.165) is 26.2 Å². The van der Waals surface area contributed by atoms with Crippen molar-refractivity contribution >= 4 is 0 Å². The first-order chi connectivity index (χ1) is 6.48. The second kappa shape index (κ2) is 7.21. The van der Waals surface area contributed by atoms with Gasteiger partial charge < -0.3 is 15.2 Å². The fourth-order valence-corrected chi connectivity index (χ4v) is 0.939. The summed E-state index contributed by atoms with van der Waals surface area (Å²) in [4.78, 5) is 0. The molecule has 0 aliphatic heterocycles. The molecular weight excluding hydrogens is 178 g/mol. The third-order valence-electron chi connectivity index (χ3n) is 2.08. The standard InChI is InChI=1S/C11H25NO2/c1-10(2)5-7-14-8-6-12-11(3,4)9-13/h10,12-13H,5-9H2,1-4H3. The minimum Gasteiger partial charge on any atom is -0.394 e. The lowest BCUT2D eigenvalue weighted by molar-refractivity contribution is 0.112. The van der Waals surface area contributed by atoms with Crippen LogP contribution >= 0.6 is 0 Å². The zero-order chi connectivity index (χ0) is 11.0. The van der Waals surface area contributed by atoms with Crippen LogP contribution in [-0.4, -0.2) is 37.0 Å². The number of nitrogens with one attached hydrogen (secondary N) is 1. The number of aliphatic hydroxyl groups excluding tert-OH is 1. The molecule has 2 N–H and O–H groups in total. The summed E-state index contributed by atoms with van der Waals surface area (Å²) in [5.74, 6) is 0.705. The van der Waals surface area contributed by atoms with E-state index >= 15 is 0 Å². The monoisotopic (exact) mass is 203 g/mol. The maximum atomic E-state index is 8.97. The molecule has 0 spiro atoms. The third-order valence-corrected chi connectivity index (χ3v) is 2.08. The molecule has 0 bridgehead atoms. The fraction of sp³-hybridized carbons (Fsp3) is 1.00. The lowest BCUT2D eigenvalue weighted by Crippen LogP contribution is -2.44. The molecule has 0 fully saturated rings. The predicted octanol–water partition coefficient (Wildman–Crippen LogP) is 1.41. The molecule has 0 aromatic carbocycles. The molecule has 14 heavy (non-hydrogen) atoms. The van der Waals surface area contributed by atoms with E-state index < -0.39 is 0 Å². The van der Waals surface area contributed by atoms with Crippen LogP contribution in [0.3, 0.4) is 0 Å². The van der Waals surface area contributed by atoms with Crippen LogP contribution in [0.2, 0.25) is 0 Å². The van der Waals surface area contributed by atoms with Crippen LogP contribution in [0, 0.1) is 5.92 Å². The smallest absolute Gasteiger partial charge is 0.0607 e. The average molecular weight is 203 g/mol. The molecule has 0 heterocycles. The highest BCUT2D eigenvalue weighted by Crippen LogP contribution is 2.00. The zero-order valence-electron chi connectivity index (χ0n) is 9.97. The van der Waals surface area contributed by atoms with Gasteiger partial charge in [0.05, 0.1) is 13.2 Å². The lowest BCUT2D eigenvalue weighted by Gasteiger charge is -2.23.